The Morgan fingerprint density at radius 3 is 2.28 bits per heavy atom. The second-order valence-corrected chi connectivity index (χ2v) is 6.48. The van der Waals surface area contributed by atoms with Crippen molar-refractivity contribution in [3.63, 3.8) is 0 Å². The number of ether oxygens (including phenoxy) is 1. The zero-order chi connectivity index (χ0) is 21.2. The minimum absolute atomic E-state index is 0.0950. The van der Waals surface area contributed by atoms with Crippen LogP contribution in [0.2, 0.25) is 0 Å². The number of guanidine groups is 1. The van der Waals surface area contributed by atoms with Gasteiger partial charge < -0.3 is 20.3 Å². The monoisotopic (exact) mass is 404 g/mol. The number of anilines is 1. The lowest BCUT2D eigenvalue weighted by atomic mass is 10.1. The van der Waals surface area contributed by atoms with Crippen LogP contribution in [-0.4, -0.2) is 44.0 Å². The summed E-state index contributed by atoms with van der Waals surface area (Å²) in [7, 11) is 3.61. The molecule has 6 nitrogen and oxygen atoms in total. The number of nitrogens with one attached hydrogen (secondary N) is 2. The number of aliphatic imine (C=N–C) groups is 1. The standard InChI is InChI=1S/C21H26F2N4O2/c1-15(28)26-18-8-4-16(5-9-18)12-13-25-21(24-2)27(3)14-17-6-10-19(11-7-17)29-20(22)23/h4-11,20H,12-14H2,1-3H3,(H,24,25)(H,26,28). The van der Waals surface area contributed by atoms with E-state index in [0.29, 0.717) is 13.1 Å². The molecule has 2 aromatic carbocycles. The van der Waals surface area contributed by atoms with Crippen molar-refractivity contribution in [1.82, 2.24) is 10.2 Å². The number of hydrogen-bond donors (Lipinski definition) is 2. The van der Waals surface area contributed by atoms with Crippen molar-refractivity contribution in [2.45, 2.75) is 26.5 Å². The molecule has 0 spiro atoms. The minimum Gasteiger partial charge on any atom is -0.435 e. The van der Waals surface area contributed by atoms with Crippen molar-refractivity contribution in [2.24, 2.45) is 4.99 Å². The average Bonchev–Trinajstić information content (AvgIpc) is 2.67. The van der Waals surface area contributed by atoms with E-state index in [-0.39, 0.29) is 11.7 Å². The van der Waals surface area contributed by atoms with Gasteiger partial charge in [-0.15, -0.1) is 0 Å². The highest BCUT2D eigenvalue weighted by atomic mass is 19.3. The number of amides is 1. The van der Waals surface area contributed by atoms with Gasteiger partial charge >= 0.3 is 6.61 Å². The summed E-state index contributed by atoms with van der Waals surface area (Å²) in [6, 6.07) is 14.2. The smallest absolute Gasteiger partial charge is 0.387 e. The average molecular weight is 404 g/mol. The molecule has 1 amide bonds. The van der Waals surface area contributed by atoms with E-state index >= 15 is 0 Å². The van der Waals surface area contributed by atoms with Crippen LogP contribution in [0.4, 0.5) is 14.5 Å². The number of benzene rings is 2. The van der Waals surface area contributed by atoms with Gasteiger partial charge in [-0.05, 0) is 41.8 Å². The normalized spacial score (nSPS) is 11.3. The Bertz CT molecular complexity index is 808. The van der Waals surface area contributed by atoms with E-state index in [9.17, 15) is 13.6 Å². The quantitative estimate of drug-likeness (QED) is 0.522. The maximum absolute atomic E-state index is 12.2. The summed E-state index contributed by atoms with van der Waals surface area (Å²) in [6.45, 7) is -0.0865. The fraction of sp³-hybridized carbons (Fsp3) is 0.333. The van der Waals surface area contributed by atoms with Crippen LogP contribution in [0.15, 0.2) is 53.5 Å². The molecule has 0 aromatic heterocycles. The third-order valence-electron chi connectivity index (χ3n) is 4.11. The third-order valence-corrected chi connectivity index (χ3v) is 4.11. The van der Waals surface area contributed by atoms with Crippen LogP contribution in [0.25, 0.3) is 0 Å². The van der Waals surface area contributed by atoms with Crippen LogP contribution in [0.1, 0.15) is 18.1 Å². The Morgan fingerprint density at radius 2 is 1.72 bits per heavy atom. The van der Waals surface area contributed by atoms with Crippen molar-refractivity contribution in [2.75, 3.05) is 26.0 Å². The van der Waals surface area contributed by atoms with Crippen molar-refractivity contribution < 1.29 is 18.3 Å². The first-order valence-electron chi connectivity index (χ1n) is 9.19. The summed E-state index contributed by atoms with van der Waals surface area (Å²) in [4.78, 5) is 17.3. The van der Waals surface area contributed by atoms with Gasteiger partial charge in [-0.2, -0.15) is 8.78 Å². The maximum Gasteiger partial charge on any atom is 0.387 e. The molecule has 0 aliphatic rings. The van der Waals surface area contributed by atoms with Crippen molar-refractivity contribution in [3.8, 4) is 5.75 Å². The zero-order valence-electron chi connectivity index (χ0n) is 16.8. The molecule has 2 aromatic rings. The molecule has 0 saturated carbocycles. The van der Waals surface area contributed by atoms with Crippen LogP contribution in [-0.2, 0) is 17.8 Å². The van der Waals surface area contributed by atoms with Gasteiger partial charge in [0.1, 0.15) is 5.75 Å². The molecular formula is C21H26F2N4O2. The minimum atomic E-state index is -2.83. The topological polar surface area (TPSA) is 66.0 Å². The fourth-order valence-electron chi connectivity index (χ4n) is 2.79. The number of carbonyl (C=O) groups is 1. The molecule has 0 unspecified atom stereocenters. The van der Waals surface area contributed by atoms with Crippen LogP contribution < -0.4 is 15.4 Å². The van der Waals surface area contributed by atoms with Crippen LogP contribution in [0.5, 0.6) is 5.75 Å². The lowest BCUT2D eigenvalue weighted by molar-refractivity contribution is -0.114. The maximum atomic E-state index is 12.2. The molecule has 0 fully saturated rings. The zero-order valence-corrected chi connectivity index (χ0v) is 16.8. The molecule has 0 atom stereocenters. The molecule has 0 heterocycles. The van der Waals surface area contributed by atoms with E-state index in [0.717, 1.165) is 29.2 Å². The van der Waals surface area contributed by atoms with Gasteiger partial charge in [0.05, 0.1) is 0 Å². The van der Waals surface area contributed by atoms with Gasteiger partial charge in [-0.25, -0.2) is 0 Å². The molecule has 0 bridgehead atoms. The third kappa shape index (κ3) is 7.77. The van der Waals surface area contributed by atoms with Crippen molar-refractivity contribution >= 4 is 17.6 Å². The summed E-state index contributed by atoms with van der Waals surface area (Å²) < 4.78 is 28.8. The number of carbonyl (C=O) groups excluding carboxylic acids is 1. The summed E-state index contributed by atoms with van der Waals surface area (Å²) >= 11 is 0. The van der Waals surface area contributed by atoms with Crippen LogP contribution in [0, 0.1) is 0 Å². The predicted octanol–water partition coefficient (Wildman–Crippen LogP) is 3.50. The fourth-order valence-corrected chi connectivity index (χ4v) is 2.79. The second-order valence-electron chi connectivity index (χ2n) is 6.48. The Balaban J connectivity index is 1.82. The van der Waals surface area contributed by atoms with Gasteiger partial charge in [-0.1, -0.05) is 24.3 Å². The highest BCUT2D eigenvalue weighted by molar-refractivity contribution is 5.88. The van der Waals surface area contributed by atoms with Crippen molar-refractivity contribution in [3.05, 3.63) is 59.7 Å². The lowest BCUT2D eigenvalue weighted by Crippen LogP contribution is -2.39. The molecule has 0 radical (unpaired) electrons. The molecule has 29 heavy (non-hydrogen) atoms. The lowest BCUT2D eigenvalue weighted by Gasteiger charge is -2.22. The molecule has 0 aliphatic carbocycles. The van der Waals surface area contributed by atoms with E-state index in [1.54, 1.807) is 19.2 Å². The number of rotatable bonds is 8. The molecule has 156 valence electrons. The number of halogens is 2. The highest BCUT2D eigenvalue weighted by Gasteiger charge is 2.08. The predicted molar refractivity (Wildman–Crippen MR) is 110 cm³/mol. The second kappa shape index (κ2) is 11.0. The Kier molecular flexibility index (Phi) is 8.39. The van der Waals surface area contributed by atoms with Gasteiger partial charge in [0.2, 0.25) is 5.91 Å². The van der Waals surface area contributed by atoms with E-state index in [4.69, 9.17) is 0 Å². The highest BCUT2D eigenvalue weighted by Crippen LogP contribution is 2.16. The van der Waals surface area contributed by atoms with Crippen molar-refractivity contribution in [1.29, 1.82) is 0 Å². The number of nitrogens with zero attached hydrogens (tertiary/aromatic N) is 2. The van der Waals surface area contributed by atoms with Crippen LogP contribution in [0.3, 0.4) is 0 Å². The SMILES string of the molecule is CN=C(NCCc1ccc(NC(C)=O)cc1)N(C)Cc1ccc(OC(F)F)cc1. The molecule has 8 heteroatoms. The van der Waals surface area contributed by atoms with E-state index in [1.807, 2.05) is 36.2 Å². The van der Waals surface area contributed by atoms with Gasteiger partial charge in [0, 0.05) is 39.8 Å². The largest absolute Gasteiger partial charge is 0.435 e. The first-order valence-corrected chi connectivity index (χ1v) is 9.19. The van der Waals surface area contributed by atoms with E-state index < -0.39 is 6.61 Å². The van der Waals surface area contributed by atoms with Gasteiger partial charge in [0.25, 0.3) is 0 Å². The molecular weight excluding hydrogens is 378 g/mol. The Hall–Kier alpha value is -3.16. The first kappa shape index (κ1) is 22.1. The first-order chi connectivity index (χ1) is 13.9. The molecule has 0 saturated heterocycles. The van der Waals surface area contributed by atoms with Crippen LogP contribution >= 0.6 is 0 Å². The van der Waals surface area contributed by atoms with E-state index in [2.05, 4.69) is 20.4 Å². The molecule has 2 rings (SSSR count). The Morgan fingerprint density at radius 1 is 1.10 bits per heavy atom. The molecule has 0 aliphatic heterocycles. The Labute approximate surface area is 169 Å². The summed E-state index contributed by atoms with van der Waals surface area (Å²) in [5, 5.41) is 6.05. The van der Waals surface area contributed by atoms with E-state index in [1.165, 1.54) is 19.1 Å². The summed E-state index contributed by atoms with van der Waals surface area (Å²) in [6.07, 6.45) is 0.798. The summed E-state index contributed by atoms with van der Waals surface area (Å²) in [5.41, 5.74) is 2.86. The molecule has 2 N–H and O–H groups in total. The number of hydrogen-bond acceptors (Lipinski definition) is 3. The van der Waals surface area contributed by atoms with Gasteiger partial charge in [0.15, 0.2) is 5.96 Å². The summed E-state index contributed by atoms with van der Waals surface area (Å²) in [5.74, 6) is 0.772. The number of alkyl halides is 2. The van der Waals surface area contributed by atoms with Gasteiger partial charge in [-0.3, -0.25) is 9.79 Å².